The lowest BCUT2D eigenvalue weighted by Crippen LogP contribution is -2.12. The molecule has 6 nitrogen and oxygen atoms in total. The van der Waals surface area contributed by atoms with Gasteiger partial charge in [-0.05, 0) is 6.26 Å². The summed E-state index contributed by atoms with van der Waals surface area (Å²) in [5.74, 6) is 5.20. The molecule has 0 unspecified atom stereocenters. The van der Waals surface area contributed by atoms with Crippen LogP contribution in [0.3, 0.4) is 0 Å². The molecule has 0 atom stereocenters. The Bertz CT molecular complexity index is 174. The summed E-state index contributed by atoms with van der Waals surface area (Å²) in [7, 11) is 0. The molecule has 1 rings (SSSR count). The van der Waals surface area contributed by atoms with E-state index in [1.165, 1.54) is 11.8 Å². The zero-order valence-electron chi connectivity index (χ0n) is 5.27. The zero-order chi connectivity index (χ0) is 7.40. The van der Waals surface area contributed by atoms with E-state index in [0.717, 1.165) is 0 Å². The molecule has 0 aliphatic heterocycles. The molecule has 0 aliphatic rings. The first-order valence-electron chi connectivity index (χ1n) is 2.45. The van der Waals surface area contributed by atoms with Crippen molar-refractivity contribution in [3.05, 3.63) is 0 Å². The fraction of sp³-hybridized carbons (Fsp3) is 0.333. The molecular weight excluding hydrogens is 152 g/mol. The van der Waals surface area contributed by atoms with Crippen molar-refractivity contribution in [2.45, 2.75) is 5.16 Å². The number of nitrogens with zero attached hydrogens (tertiary/aromatic N) is 4. The molecule has 1 aromatic heterocycles. The number of aromatic nitrogens is 4. The van der Waals surface area contributed by atoms with Crippen LogP contribution >= 0.6 is 11.8 Å². The first kappa shape index (κ1) is 7.16. The van der Waals surface area contributed by atoms with Crippen LogP contribution in [-0.4, -0.2) is 26.7 Å². The molecule has 3 N–H and O–H groups in total. The highest BCUT2D eigenvalue weighted by Crippen LogP contribution is 2.03. The third-order valence-electron chi connectivity index (χ3n) is 0.772. The van der Waals surface area contributed by atoms with Crippen LogP contribution in [-0.2, 0) is 0 Å². The number of anilines is 1. The quantitative estimate of drug-likeness (QED) is 0.333. The Labute approximate surface area is 61.6 Å². The van der Waals surface area contributed by atoms with Crippen LogP contribution in [0.15, 0.2) is 5.16 Å². The van der Waals surface area contributed by atoms with E-state index in [4.69, 9.17) is 5.84 Å². The second kappa shape index (κ2) is 3.28. The molecule has 0 fully saturated rings. The summed E-state index contributed by atoms with van der Waals surface area (Å²) in [5.41, 5.74) is 2.22. The van der Waals surface area contributed by atoms with E-state index in [1.54, 1.807) is 0 Å². The SMILES string of the molecule is CSc1nnc(NN)nn1. The lowest BCUT2D eigenvalue weighted by molar-refractivity contribution is 0.751. The average molecular weight is 158 g/mol. The van der Waals surface area contributed by atoms with E-state index in [1.807, 2.05) is 6.26 Å². The van der Waals surface area contributed by atoms with Crippen molar-refractivity contribution in [2.75, 3.05) is 11.7 Å². The number of nitrogens with one attached hydrogen (secondary N) is 1. The van der Waals surface area contributed by atoms with Crippen LogP contribution in [0.25, 0.3) is 0 Å². The van der Waals surface area contributed by atoms with Gasteiger partial charge in [-0.2, -0.15) is 0 Å². The van der Waals surface area contributed by atoms with Gasteiger partial charge in [0.2, 0.25) is 5.16 Å². The third kappa shape index (κ3) is 1.52. The van der Waals surface area contributed by atoms with Gasteiger partial charge in [0, 0.05) is 0 Å². The minimum atomic E-state index is 0.220. The van der Waals surface area contributed by atoms with Crippen molar-refractivity contribution >= 4 is 17.7 Å². The third-order valence-corrected chi connectivity index (χ3v) is 1.30. The standard InChI is InChI=1S/C3H6N6S/c1-10-3-8-6-2(5-4)7-9-3/h4H2,1H3,(H,5,6,7). The van der Waals surface area contributed by atoms with Gasteiger partial charge >= 0.3 is 0 Å². The van der Waals surface area contributed by atoms with Crippen molar-refractivity contribution in [2.24, 2.45) is 5.84 Å². The van der Waals surface area contributed by atoms with Crippen molar-refractivity contribution in [3.8, 4) is 0 Å². The summed E-state index contributed by atoms with van der Waals surface area (Å²) in [6.45, 7) is 0. The van der Waals surface area contributed by atoms with E-state index in [9.17, 15) is 0 Å². The highest BCUT2D eigenvalue weighted by Gasteiger charge is 1.95. The van der Waals surface area contributed by atoms with E-state index >= 15 is 0 Å². The molecule has 0 bridgehead atoms. The van der Waals surface area contributed by atoms with Gasteiger partial charge < -0.3 is 0 Å². The van der Waals surface area contributed by atoms with Crippen LogP contribution in [0.2, 0.25) is 0 Å². The summed E-state index contributed by atoms with van der Waals surface area (Å²) >= 11 is 1.37. The highest BCUT2D eigenvalue weighted by molar-refractivity contribution is 7.98. The Kier molecular flexibility index (Phi) is 2.35. The predicted molar refractivity (Wildman–Crippen MR) is 37.2 cm³/mol. The van der Waals surface area contributed by atoms with Crippen LogP contribution in [0.5, 0.6) is 0 Å². The van der Waals surface area contributed by atoms with Gasteiger partial charge in [0.05, 0.1) is 0 Å². The Balaban J connectivity index is 2.80. The normalized spacial score (nSPS) is 9.40. The lowest BCUT2D eigenvalue weighted by Gasteiger charge is -1.93. The average Bonchev–Trinajstić information content (AvgIpc) is 2.05. The maximum atomic E-state index is 4.98. The minimum absolute atomic E-state index is 0.220. The van der Waals surface area contributed by atoms with Crippen molar-refractivity contribution < 1.29 is 0 Å². The fourth-order valence-electron chi connectivity index (χ4n) is 0.360. The Morgan fingerprint density at radius 3 is 2.30 bits per heavy atom. The molecule has 0 saturated heterocycles. The number of nitrogen functional groups attached to an aromatic ring is 1. The highest BCUT2D eigenvalue weighted by atomic mass is 32.2. The van der Waals surface area contributed by atoms with Crippen molar-refractivity contribution in [3.63, 3.8) is 0 Å². The van der Waals surface area contributed by atoms with Gasteiger partial charge in [-0.25, -0.2) is 5.84 Å². The van der Waals surface area contributed by atoms with Crippen molar-refractivity contribution in [1.82, 2.24) is 20.4 Å². The number of nitrogens with two attached hydrogens (primary N) is 1. The number of hydrogen-bond donors (Lipinski definition) is 2. The molecule has 0 amide bonds. The summed E-state index contributed by atoms with van der Waals surface area (Å²) in [5, 5.41) is 15.0. The molecule has 10 heavy (non-hydrogen) atoms. The summed E-state index contributed by atoms with van der Waals surface area (Å²) in [6, 6.07) is 0. The van der Waals surface area contributed by atoms with Gasteiger partial charge in [-0.3, -0.25) is 5.43 Å². The predicted octanol–water partition coefficient (Wildman–Crippen LogP) is -0.726. The minimum Gasteiger partial charge on any atom is -0.290 e. The molecule has 1 heterocycles. The summed E-state index contributed by atoms with van der Waals surface area (Å²) < 4.78 is 0. The Hall–Kier alpha value is -0.950. The summed E-state index contributed by atoms with van der Waals surface area (Å²) in [4.78, 5) is 0. The molecular formula is C3H6N6S. The smallest absolute Gasteiger partial charge is 0.276 e. The first-order valence-corrected chi connectivity index (χ1v) is 3.67. The van der Waals surface area contributed by atoms with Crippen LogP contribution in [0, 0.1) is 0 Å². The molecule has 7 heteroatoms. The van der Waals surface area contributed by atoms with E-state index < -0.39 is 0 Å². The molecule has 0 saturated carbocycles. The second-order valence-electron chi connectivity index (χ2n) is 1.35. The number of thioether (sulfide) groups is 1. The first-order chi connectivity index (χ1) is 4.86. The molecule has 0 radical (unpaired) electrons. The number of hydrogen-bond acceptors (Lipinski definition) is 7. The van der Waals surface area contributed by atoms with Gasteiger partial charge in [-0.1, -0.05) is 11.8 Å². The molecule has 1 aromatic rings. The second-order valence-corrected chi connectivity index (χ2v) is 2.13. The van der Waals surface area contributed by atoms with Gasteiger partial charge in [0.15, 0.2) is 0 Å². The maximum absolute atomic E-state index is 4.98. The van der Waals surface area contributed by atoms with Crippen LogP contribution < -0.4 is 11.3 Å². The number of hydrazine groups is 1. The van der Waals surface area contributed by atoms with Crippen molar-refractivity contribution in [1.29, 1.82) is 0 Å². The van der Waals surface area contributed by atoms with Crippen LogP contribution in [0.1, 0.15) is 0 Å². The molecule has 0 spiro atoms. The van der Waals surface area contributed by atoms with Gasteiger partial charge in [-0.15, -0.1) is 20.4 Å². The Morgan fingerprint density at radius 1 is 1.30 bits per heavy atom. The molecule has 54 valence electrons. The largest absolute Gasteiger partial charge is 0.290 e. The lowest BCUT2D eigenvalue weighted by atomic mass is 11.1. The maximum Gasteiger partial charge on any atom is 0.276 e. The van der Waals surface area contributed by atoms with Crippen LogP contribution in [0.4, 0.5) is 5.95 Å². The molecule has 0 aliphatic carbocycles. The van der Waals surface area contributed by atoms with Gasteiger partial charge in [0.1, 0.15) is 0 Å². The Morgan fingerprint density at radius 2 is 1.90 bits per heavy atom. The fourth-order valence-corrected chi connectivity index (χ4v) is 0.605. The summed E-state index contributed by atoms with van der Waals surface area (Å²) in [6.07, 6.45) is 1.84. The van der Waals surface area contributed by atoms with E-state index in [2.05, 4.69) is 25.8 Å². The molecule has 0 aromatic carbocycles. The topological polar surface area (TPSA) is 89.6 Å². The zero-order valence-corrected chi connectivity index (χ0v) is 6.09. The number of rotatable bonds is 2. The monoisotopic (exact) mass is 158 g/mol. The van der Waals surface area contributed by atoms with Gasteiger partial charge in [0.25, 0.3) is 5.95 Å². The van der Waals surface area contributed by atoms with E-state index in [-0.39, 0.29) is 5.95 Å². The van der Waals surface area contributed by atoms with E-state index in [0.29, 0.717) is 5.16 Å².